The van der Waals surface area contributed by atoms with Gasteiger partial charge in [-0.05, 0) is 61.3 Å². The van der Waals surface area contributed by atoms with Gasteiger partial charge in [-0.25, -0.2) is 9.97 Å². The van der Waals surface area contributed by atoms with Crippen LogP contribution in [0.4, 0.5) is 0 Å². The molecule has 0 unspecified atom stereocenters. The molecule has 1 aliphatic carbocycles. The average molecular weight is 595 g/mol. The van der Waals surface area contributed by atoms with Crippen LogP contribution in [0.15, 0.2) is 48.1 Å². The van der Waals surface area contributed by atoms with E-state index in [1.807, 2.05) is 29.8 Å². The van der Waals surface area contributed by atoms with Crippen molar-refractivity contribution >= 4 is 17.2 Å². The summed E-state index contributed by atoms with van der Waals surface area (Å²) >= 11 is 1.57. The van der Waals surface area contributed by atoms with Gasteiger partial charge in [-0.1, -0.05) is 32.0 Å². The maximum atomic E-state index is 13.0. The summed E-state index contributed by atoms with van der Waals surface area (Å²) in [7, 11) is 2.83. The number of rotatable bonds is 13. The first kappa shape index (κ1) is 30.6. The van der Waals surface area contributed by atoms with E-state index in [-0.39, 0.29) is 18.2 Å². The highest BCUT2D eigenvalue weighted by Gasteiger charge is 2.46. The SMILES string of the molecule is COC(OC)C(=O)N[C@@H](Cc1cccc(-c2nccs2)c1)[C@@H](O)CN[C@H]1CC2(CCC2)Oc2ncc(CC(C)C)cc21. The fourth-order valence-corrected chi connectivity index (χ4v) is 6.56. The molecule has 3 atom stereocenters. The summed E-state index contributed by atoms with van der Waals surface area (Å²) in [6.45, 7) is 4.67. The fourth-order valence-electron chi connectivity index (χ4n) is 5.92. The molecule has 0 radical (unpaired) electrons. The van der Waals surface area contributed by atoms with Crippen molar-refractivity contribution in [2.45, 2.75) is 82.5 Å². The predicted octanol–water partition coefficient (Wildman–Crippen LogP) is 4.45. The van der Waals surface area contributed by atoms with E-state index in [9.17, 15) is 9.90 Å². The zero-order valence-electron chi connectivity index (χ0n) is 24.8. The van der Waals surface area contributed by atoms with Gasteiger partial charge in [0.25, 0.3) is 5.91 Å². The molecule has 1 fully saturated rings. The largest absolute Gasteiger partial charge is 0.471 e. The van der Waals surface area contributed by atoms with Gasteiger partial charge in [0.15, 0.2) is 0 Å². The summed E-state index contributed by atoms with van der Waals surface area (Å²) in [5, 5.41) is 21.0. The van der Waals surface area contributed by atoms with Crippen molar-refractivity contribution in [2.75, 3.05) is 20.8 Å². The van der Waals surface area contributed by atoms with Gasteiger partial charge in [0.05, 0.1) is 12.1 Å². The molecule has 1 aromatic carbocycles. The van der Waals surface area contributed by atoms with Gasteiger partial charge in [0, 0.05) is 62.1 Å². The lowest BCUT2D eigenvalue weighted by Crippen LogP contribution is -2.53. The number of aliphatic hydroxyl groups is 1. The smallest absolute Gasteiger partial charge is 0.277 e. The number of nitrogens with zero attached hydrogens (tertiary/aromatic N) is 2. The monoisotopic (exact) mass is 594 g/mol. The Morgan fingerprint density at radius 2 is 1.98 bits per heavy atom. The molecule has 1 saturated carbocycles. The first-order valence-electron chi connectivity index (χ1n) is 14.7. The van der Waals surface area contributed by atoms with Crippen molar-refractivity contribution in [1.82, 2.24) is 20.6 Å². The Bertz CT molecular complexity index is 1330. The zero-order valence-corrected chi connectivity index (χ0v) is 25.7. The molecule has 9 nitrogen and oxygen atoms in total. The van der Waals surface area contributed by atoms with Crippen LogP contribution in [0.1, 0.15) is 62.3 Å². The van der Waals surface area contributed by atoms with Gasteiger partial charge >= 0.3 is 0 Å². The normalized spacial score (nSPS) is 18.8. The van der Waals surface area contributed by atoms with Crippen LogP contribution in [0.3, 0.4) is 0 Å². The van der Waals surface area contributed by atoms with Crippen molar-refractivity contribution in [3.63, 3.8) is 0 Å². The van der Waals surface area contributed by atoms with Gasteiger partial charge in [0.1, 0.15) is 10.6 Å². The molecule has 1 aliphatic heterocycles. The lowest BCUT2D eigenvalue weighted by Gasteiger charge is -2.47. The molecule has 10 heteroatoms. The van der Waals surface area contributed by atoms with E-state index in [1.165, 1.54) is 19.8 Å². The van der Waals surface area contributed by atoms with Crippen molar-refractivity contribution in [2.24, 2.45) is 5.92 Å². The van der Waals surface area contributed by atoms with Crippen LogP contribution in [-0.2, 0) is 27.1 Å². The molecule has 3 heterocycles. The van der Waals surface area contributed by atoms with Crippen LogP contribution < -0.4 is 15.4 Å². The Balaban J connectivity index is 1.34. The molecular formula is C32H42N4O5S. The second-order valence-electron chi connectivity index (χ2n) is 11.9. The number of methoxy groups -OCH3 is 2. The number of hydrogen-bond donors (Lipinski definition) is 3. The number of benzene rings is 1. The number of carbonyl (C=O) groups excluding carboxylic acids is 1. The number of hydrogen-bond acceptors (Lipinski definition) is 9. The Hall–Kier alpha value is -2.89. The lowest BCUT2D eigenvalue weighted by atomic mass is 9.73. The highest BCUT2D eigenvalue weighted by Crippen LogP contribution is 2.48. The van der Waals surface area contributed by atoms with Crippen LogP contribution in [0.5, 0.6) is 5.88 Å². The molecule has 0 saturated heterocycles. The summed E-state index contributed by atoms with van der Waals surface area (Å²) in [6.07, 6.45) is 7.09. The first-order chi connectivity index (χ1) is 20.3. The van der Waals surface area contributed by atoms with Gasteiger partial charge in [0.2, 0.25) is 12.2 Å². The number of fused-ring (bicyclic) bond motifs is 1. The highest BCUT2D eigenvalue weighted by molar-refractivity contribution is 7.13. The quantitative estimate of drug-likeness (QED) is 0.249. The number of amides is 1. The van der Waals surface area contributed by atoms with Crippen molar-refractivity contribution < 1.29 is 24.1 Å². The molecular weight excluding hydrogens is 552 g/mol. The van der Waals surface area contributed by atoms with Crippen molar-refractivity contribution in [1.29, 1.82) is 0 Å². The fraction of sp³-hybridized carbons (Fsp3) is 0.531. The van der Waals surface area contributed by atoms with Gasteiger partial charge < -0.3 is 30.0 Å². The van der Waals surface area contributed by atoms with E-state index in [0.717, 1.165) is 53.8 Å². The number of ether oxygens (including phenoxy) is 3. The van der Waals surface area contributed by atoms with Crippen molar-refractivity contribution in [3.05, 3.63) is 64.8 Å². The Morgan fingerprint density at radius 3 is 2.64 bits per heavy atom. The second kappa shape index (κ2) is 13.6. The Morgan fingerprint density at radius 1 is 1.17 bits per heavy atom. The maximum absolute atomic E-state index is 13.0. The Kier molecular flexibility index (Phi) is 9.90. The third-order valence-corrected chi connectivity index (χ3v) is 9.00. The Labute approximate surface area is 252 Å². The molecule has 1 spiro atoms. The second-order valence-corrected chi connectivity index (χ2v) is 12.8. The third-order valence-electron chi connectivity index (χ3n) is 8.18. The number of pyridine rings is 1. The summed E-state index contributed by atoms with van der Waals surface area (Å²) in [5.74, 6) is 0.766. The molecule has 1 amide bonds. The van der Waals surface area contributed by atoms with Gasteiger partial charge in [-0.3, -0.25) is 4.79 Å². The third kappa shape index (κ3) is 7.18. The van der Waals surface area contributed by atoms with E-state index in [1.54, 1.807) is 17.5 Å². The first-order valence-corrected chi connectivity index (χ1v) is 15.6. The molecule has 5 rings (SSSR count). The number of nitrogens with one attached hydrogen (secondary N) is 2. The molecule has 226 valence electrons. The summed E-state index contributed by atoms with van der Waals surface area (Å²) in [4.78, 5) is 22.1. The van der Waals surface area contributed by atoms with E-state index >= 15 is 0 Å². The molecule has 2 aliphatic rings. The van der Waals surface area contributed by atoms with Crippen LogP contribution in [0.2, 0.25) is 0 Å². The van der Waals surface area contributed by atoms with E-state index < -0.39 is 24.3 Å². The standard InChI is InChI=1S/C32H42N4O5S/c1-20(2)13-22-15-24-26(17-32(9-6-10-32)41-29(24)35-18-22)34-19-27(37)25(36-28(38)31(39-3)40-4)16-21-7-5-8-23(14-21)30-33-11-12-42-30/h5,7-8,11-12,14-15,18,20,25-27,31,34,37H,6,9-10,13,16-17,19H2,1-4H3,(H,36,38)/t25-,26-,27-/m0/s1. The zero-order chi connectivity index (χ0) is 29.7. The minimum atomic E-state index is -1.07. The van der Waals surface area contributed by atoms with E-state index in [0.29, 0.717) is 18.2 Å². The number of thiazole rings is 1. The topological polar surface area (TPSA) is 115 Å². The minimum Gasteiger partial charge on any atom is -0.471 e. The molecule has 0 bridgehead atoms. The molecule has 3 aromatic rings. The predicted molar refractivity (Wildman–Crippen MR) is 162 cm³/mol. The van der Waals surface area contributed by atoms with Crippen LogP contribution >= 0.6 is 11.3 Å². The number of aliphatic hydroxyl groups excluding tert-OH is 1. The van der Waals surface area contributed by atoms with Crippen molar-refractivity contribution in [3.8, 4) is 16.5 Å². The van der Waals surface area contributed by atoms with Crippen LogP contribution in [-0.4, -0.2) is 65.8 Å². The number of carbonyl (C=O) groups is 1. The maximum Gasteiger partial charge on any atom is 0.277 e. The minimum absolute atomic E-state index is 0.0152. The summed E-state index contributed by atoms with van der Waals surface area (Å²) < 4.78 is 16.8. The summed E-state index contributed by atoms with van der Waals surface area (Å²) in [5.41, 5.74) is 4.00. The van der Waals surface area contributed by atoms with Gasteiger partial charge in [-0.15, -0.1) is 11.3 Å². The van der Waals surface area contributed by atoms with E-state index in [2.05, 4.69) is 41.6 Å². The lowest BCUT2D eigenvalue weighted by molar-refractivity contribution is -0.160. The molecule has 3 N–H and O–H groups in total. The van der Waals surface area contributed by atoms with Crippen LogP contribution in [0.25, 0.3) is 10.6 Å². The summed E-state index contributed by atoms with van der Waals surface area (Å²) in [6, 6.07) is 9.63. The molecule has 42 heavy (non-hydrogen) atoms. The highest BCUT2D eigenvalue weighted by atomic mass is 32.1. The van der Waals surface area contributed by atoms with Crippen LogP contribution in [0, 0.1) is 5.92 Å². The van der Waals surface area contributed by atoms with Gasteiger partial charge in [-0.2, -0.15) is 0 Å². The average Bonchev–Trinajstić information content (AvgIpc) is 3.50. The van der Waals surface area contributed by atoms with E-state index in [4.69, 9.17) is 19.2 Å². The molecule has 2 aromatic heterocycles. The number of aromatic nitrogens is 2.